The van der Waals surface area contributed by atoms with Crippen molar-refractivity contribution in [2.24, 2.45) is 0 Å². The van der Waals surface area contributed by atoms with Crippen molar-refractivity contribution < 1.29 is 14.1 Å². The molecule has 1 aromatic carbocycles. The summed E-state index contributed by atoms with van der Waals surface area (Å²) >= 11 is 5.90. The average molecular weight is 407 g/mol. The molecule has 150 valence electrons. The maximum absolute atomic E-state index is 12.1. The Morgan fingerprint density at radius 1 is 1.21 bits per heavy atom. The van der Waals surface area contributed by atoms with Crippen molar-refractivity contribution >= 4 is 23.5 Å². The van der Waals surface area contributed by atoms with E-state index in [1.807, 2.05) is 17.0 Å². The summed E-state index contributed by atoms with van der Waals surface area (Å²) in [6, 6.07) is 6.39. The fourth-order valence-electron chi connectivity index (χ4n) is 2.98. The van der Waals surface area contributed by atoms with Crippen LogP contribution in [0.1, 0.15) is 12.8 Å². The van der Waals surface area contributed by atoms with Gasteiger partial charge in [-0.05, 0) is 31.2 Å². The molecule has 0 bridgehead atoms. The Labute approximate surface area is 168 Å². The quantitative estimate of drug-likeness (QED) is 0.772. The molecule has 9 nitrogen and oxygen atoms in total. The molecule has 3 amide bonds. The molecule has 1 aliphatic rings. The van der Waals surface area contributed by atoms with E-state index < -0.39 is 6.03 Å². The van der Waals surface area contributed by atoms with Gasteiger partial charge in [0.1, 0.15) is 0 Å². The molecule has 1 saturated heterocycles. The highest BCUT2D eigenvalue weighted by Gasteiger charge is 2.27. The first-order valence-corrected chi connectivity index (χ1v) is 9.41. The van der Waals surface area contributed by atoms with Crippen LogP contribution in [0.3, 0.4) is 0 Å². The number of carbonyl (C=O) groups excluding carboxylic acids is 2. The third-order valence-corrected chi connectivity index (χ3v) is 4.98. The van der Waals surface area contributed by atoms with Gasteiger partial charge in [-0.3, -0.25) is 19.9 Å². The number of halogens is 1. The molecule has 2 aromatic rings. The maximum Gasteiger partial charge on any atom is 0.321 e. The molecule has 0 saturated carbocycles. The van der Waals surface area contributed by atoms with Gasteiger partial charge in [-0.2, -0.15) is 4.98 Å². The van der Waals surface area contributed by atoms with Gasteiger partial charge in [-0.25, -0.2) is 4.79 Å². The number of urea groups is 1. The lowest BCUT2D eigenvalue weighted by Gasteiger charge is -2.36. The van der Waals surface area contributed by atoms with Crippen LogP contribution in [0.5, 0.6) is 0 Å². The van der Waals surface area contributed by atoms with Gasteiger partial charge in [-0.15, -0.1) is 0 Å². The van der Waals surface area contributed by atoms with E-state index in [1.54, 1.807) is 19.1 Å². The normalized spacial score (nSPS) is 16.5. The number of rotatable bonds is 5. The minimum absolute atomic E-state index is 0.308. The number of carbonyl (C=O) groups is 2. The molecule has 0 radical (unpaired) electrons. The van der Waals surface area contributed by atoms with Crippen molar-refractivity contribution in [2.45, 2.75) is 19.5 Å². The standard InChI is InChI=1S/C18H23ClN6O3/c1-12(17(26)22-18(27)20-2)25-9-7-24(8-10-25)11-15-21-16(23-28-15)13-3-5-14(19)6-4-13/h3-6,12H,7-11H2,1-2H3,(H2,20,22,26,27). The van der Waals surface area contributed by atoms with Crippen LogP contribution in [-0.4, -0.2) is 71.1 Å². The maximum atomic E-state index is 12.1. The minimum Gasteiger partial charge on any atom is -0.341 e. The first-order valence-electron chi connectivity index (χ1n) is 9.04. The molecule has 1 atom stereocenters. The van der Waals surface area contributed by atoms with E-state index in [2.05, 4.69) is 25.7 Å². The van der Waals surface area contributed by atoms with Crippen molar-refractivity contribution in [1.82, 2.24) is 30.6 Å². The molecular formula is C18H23ClN6O3. The predicted octanol–water partition coefficient (Wildman–Crippen LogP) is 1.35. The number of aromatic nitrogens is 2. The molecule has 2 N–H and O–H groups in total. The zero-order chi connectivity index (χ0) is 20.1. The lowest BCUT2D eigenvalue weighted by molar-refractivity contribution is -0.125. The van der Waals surface area contributed by atoms with Gasteiger partial charge in [0.2, 0.25) is 17.6 Å². The van der Waals surface area contributed by atoms with Crippen LogP contribution in [-0.2, 0) is 11.3 Å². The van der Waals surface area contributed by atoms with Crippen LogP contribution in [0.15, 0.2) is 28.8 Å². The van der Waals surface area contributed by atoms with E-state index in [-0.39, 0.29) is 11.9 Å². The van der Waals surface area contributed by atoms with Crippen molar-refractivity contribution in [3.05, 3.63) is 35.2 Å². The van der Waals surface area contributed by atoms with Crippen molar-refractivity contribution in [3.63, 3.8) is 0 Å². The summed E-state index contributed by atoms with van der Waals surface area (Å²) in [7, 11) is 1.47. The zero-order valence-corrected chi connectivity index (χ0v) is 16.6. The van der Waals surface area contributed by atoms with Gasteiger partial charge >= 0.3 is 6.03 Å². The van der Waals surface area contributed by atoms with E-state index in [0.717, 1.165) is 18.7 Å². The van der Waals surface area contributed by atoms with Crippen LogP contribution in [0.2, 0.25) is 5.02 Å². The van der Waals surface area contributed by atoms with Gasteiger partial charge in [0.05, 0.1) is 12.6 Å². The van der Waals surface area contributed by atoms with Crippen molar-refractivity contribution in [1.29, 1.82) is 0 Å². The number of piperazine rings is 1. The highest BCUT2D eigenvalue weighted by Crippen LogP contribution is 2.19. The Morgan fingerprint density at radius 2 is 1.89 bits per heavy atom. The van der Waals surface area contributed by atoms with Gasteiger partial charge in [-0.1, -0.05) is 16.8 Å². The monoisotopic (exact) mass is 406 g/mol. The summed E-state index contributed by atoms with van der Waals surface area (Å²) in [4.78, 5) is 32.0. The zero-order valence-electron chi connectivity index (χ0n) is 15.8. The van der Waals surface area contributed by atoms with Crippen LogP contribution in [0, 0.1) is 0 Å². The van der Waals surface area contributed by atoms with E-state index in [4.69, 9.17) is 16.1 Å². The molecule has 1 fully saturated rings. The summed E-state index contributed by atoms with van der Waals surface area (Å²) < 4.78 is 5.36. The largest absolute Gasteiger partial charge is 0.341 e. The van der Waals surface area contributed by atoms with Crippen molar-refractivity contribution in [2.75, 3.05) is 33.2 Å². The topological polar surface area (TPSA) is 104 Å². The summed E-state index contributed by atoms with van der Waals surface area (Å²) in [5.74, 6) is 0.769. The minimum atomic E-state index is -0.497. The van der Waals surface area contributed by atoms with Gasteiger partial charge < -0.3 is 9.84 Å². The van der Waals surface area contributed by atoms with Crippen molar-refractivity contribution in [3.8, 4) is 11.4 Å². The van der Waals surface area contributed by atoms with E-state index in [0.29, 0.717) is 36.4 Å². The highest BCUT2D eigenvalue weighted by atomic mass is 35.5. The molecule has 0 spiro atoms. The molecule has 2 heterocycles. The lowest BCUT2D eigenvalue weighted by atomic mass is 10.2. The van der Waals surface area contributed by atoms with E-state index in [9.17, 15) is 9.59 Å². The smallest absolute Gasteiger partial charge is 0.321 e. The van der Waals surface area contributed by atoms with Crippen LogP contribution >= 0.6 is 11.6 Å². The van der Waals surface area contributed by atoms with Crippen LogP contribution in [0.25, 0.3) is 11.4 Å². The second kappa shape index (κ2) is 9.13. The van der Waals surface area contributed by atoms with E-state index >= 15 is 0 Å². The fraction of sp³-hybridized carbons (Fsp3) is 0.444. The Bertz CT molecular complexity index is 817. The van der Waals surface area contributed by atoms with E-state index in [1.165, 1.54) is 7.05 Å². The number of benzene rings is 1. The lowest BCUT2D eigenvalue weighted by Crippen LogP contribution is -2.55. The molecule has 1 unspecified atom stereocenters. The second-order valence-electron chi connectivity index (χ2n) is 6.58. The molecule has 10 heteroatoms. The van der Waals surface area contributed by atoms with Crippen LogP contribution in [0.4, 0.5) is 4.79 Å². The molecular weight excluding hydrogens is 384 g/mol. The SMILES string of the molecule is CNC(=O)NC(=O)C(C)N1CCN(Cc2nc(-c3ccc(Cl)cc3)no2)CC1. The number of hydrogen-bond donors (Lipinski definition) is 2. The number of imide groups is 1. The van der Waals surface area contributed by atoms with Gasteiger partial charge in [0.15, 0.2) is 0 Å². The highest BCUT2D eigenvalue weighted by molar-refractivity contribution is 6.30. The molecule has 1 aromatic heterocycles. The average Bonchev–Trinajstić information content (AvgIpc) is 3.16. The first-order chi connectivity index (χ1) is 13.5. The Kier molecular flexibility index (Phi) is 6.61. The molecule has 0 aliphatic carbocycles. The number of nitrogens with zero attached hydrogens (tertiary/aromatic N) is 4. The Balaban J connectivity index is 1.50. The second-order valence-corrected chi connectivity index (χ2v) is 7.01. The predicted molar refractivity (Wildman–Crippen MR) is 104 cm³/mol. The number of nitrogens with one attached hydrogen (secondary N) is 2. The van der Waals surface area contributed by atoms with Gasteiger partial charge in [0.25, 0.3) is 0 Å². The third-order valence-electron chi connectivity index (χ3n) is 4.73. The Morgan fingerprint density at radius 3 is 2.54 bits per heavy atom. The molecule has 28 heavy (non-hydrogen) atoms. The van der Waals surface area contributed by atoms with Gasteiger partial charge in [0, 0.05) is 43.8 Å². The molecule has 3 rings (SSSR count). The summed E-state index contributed by atoms with van der Waals surface area (Å²) in [5, 5.41) is 9.37. The Hall–Kier alpha value is -2.49. The first kappa shape index (κ1) is 20.2. The molecule has 1 aliphatic heterocycles. The summed E-state index contributed by atoms with van der Waals surface area (Å²) in [5.41, 5.74) is 0.847. The fourth-order valence-corrected chi connectivity index (χ4v) is 3.11. The number of hydrogen-bond acceptors (Lipinski definition) is 7. The summed E-state index contributed by atoms with van der Waals surface area (Å²) in [6.07, 6.45) is 0. The number of amides is 3. The third kappa shape index (κ3) is 5.06. The summed E-state index contributed by atoms with van der Waals surface area (Å²) in [6.45, 7) is 5.28. The van der Waals surface area contributed by atoms with Crippen LogP contribution < -0.4 is 10.6 Å².